The second-order valence-corrected chi connectivity index (χ2v) is 4.51. The number of aryl methyl sites for hydroxylation is 1. The normalized spacial score (nSPS) is 12.5. The molecule has 17 heavy (non-hydrogen) atoms. The average Bonchev–Trinajstić information content (AvgIpc) is 2.28. The van der Waals surface area contributed by atoms with Crippen molar-refractivity contribution >= 4 is 5.82 Å². The van der Waals surface area contributed by atoms with Crippen LogP contribution in [0.15, 0.2) is 12.1 Å². The Kier molecular flexibility index (Phi) is 5.42. The second-order valence-electron chi connectivity index (χ2n) is 4.51. The lowest BCUT2D eigenvalue weighted by Gasteiger charge is -2.23. The number of aromatic nitrogens is 1. The molecule has 0 bridgehead atoms. The van der Waals surface area contributed by atoms with Crippen LogP contribution in [0.5, 0.6) is 0 Å². The van der Waals surface area contributed by atoms with Crippen LogP contribution < -0.4 is 4.90 Å². The van der Waals surface area contributed by atoms with E-state index in [0.29, 0.717) is 0 Å². The van der Waals surface area contributed by atoms with Gasteiger partial charge < -0.3 is 10.0 Å². The van der Waals surface area contributed by atoms with Gasteiger partial charge in [-0.15, -0.1) is 0 Å². The van der Waals surface area contributed by atoms with Crippen molar-refractivity contribution in [2.24, 2.45) is 0 Å². The van der Waals surface area contributed by atoms with Gasteiger partial charge in [0.05, 0.1) is 6.10 Å². The molecule has 0 aliphatic carbocycles. The molecule has 1 rings (SSSR count). The van der Waals surface area contributed by atoms with E-state index in [0.717, 1.165) is 43.0 Å². The van der Waals surface area contributed by atoms with Gasteiger partial charge in [-0.3, -0.25) is 0 Å². The van der Waals surface area contributed by atoms with E-state index in [-0.39, 0.29) is 0 Å². The van der Waals surface area contributed by atoms with Gasteiger partial charge in [0.2, 0.25) is 0 Å². The average molecular weight is 236 g/mol. The summed E-state index contributed by atoms with van der Waals surface area (Å²) in [5.74, 6) is 1.02. The Balaban J connectivity index is 2.93. The van der Waals surface area contributed by atoms with Gasteiger partial charge in [0.25, 0.3) is 0 Å². The molecule has 1 aromatic rings. The van der Waals surface area contributed by atoms with Crippen LogP contribution in [0.25, 0.3) is 0 Å². The quantitative estimate of drug-likeness (QED) is 0.824. The number of aliphatic hydroxyl groups is 1. The van der Waals surface area contributed by atoms with E-state index in [1.165, 1.54) is 0 Å². The van der Waals surface area contributed by atoms with Crippen molar-refractivity contribution in [2.45, 2.75) is 46.6 Å². The molecule has 3 heteroatoms. The molecule has 0 radical (unpaired) electrons. The molecule has 0 saturated heterocycles. The Labute approximate surface area is 104 Å². The topological polar surface area (TPSA) is 36.4 Å². The maximum atomic E-state index is 9.59. The SMILES string of the molecule is CCCN(CCC)c1ccc([C@H](C)O)c(C)n1. The fourth-order valence-corrected chi connectivity index (χ4v) is 2.06. The fraction of sp³-hybridized carbons (Fsp3) is 0.643. The van der Waals surface area contributed by atoms with Crippen molar-refractivity contribution < 1.29 is 5.11 Å². The van der Waals surface area contributed by atoms with Crippen molar-refractivity contribution in [3.05, 3.63) is 23.4 Å². The number of hydrogen-bond acceptors (Lipinski definition) is 3. The van der Waals surface area contributed by atoms with Crippen LogP contribution in [-0.4, -0.2) is 23.2 Å². The molecule has 0 aromatic carbocycles. The Morgan fingerprint density at radius 2 is 1.82 bits per heavy atom. The first-order chi connectivity index (χ1) is 8.10. The Hall–Kier alpha value is -1.09. The van der Waals surface area contributed by atoms with E-state index >= 15 is 0 Å². The van der Waals surface area contributed by atoms with Crippen molar-refractivity contribution in [1.29, 1.82) is 0 Å². The summed E-state index contributed by atoms with van der Waals surface area (Å²) in [6, 6.07) is 4.00. The maximum absolute atomic E-state index is 9.59. The summed E-state index contributed by atoms with van der Waals surface area (Å²) in [6.45, 7) is 10.2. The van der Waals surface area contributed by atoms with Crippen LogP contribution in [0.1, 0.15) is 51.0 Å². The zero-order chi connectivity index (χ0) is 12.8. The Morgan fingerprint density at radius 3 is 2.24 bits per heavy atom. The predicted octanol–water partition coefficient (Wildman–Crippen LogP) is 3.07. The molecule has 1 atom stereocenters. The molecule has 96 valence electrons. The summed E-state index contributed by atoms with van der Waals surface area (Å²) in [7, 11) is 0. The van der Waals surface area contributed by atoms with Crippen LogP contribution in [0.3, 0.4) is 0 Å². The molecule has 0 amide bonds. The number of anilines is 1. The van der Waals surface area contributed by atoms with E-state index in [1.807, 2.05) is 19.1 Å². The molecule has 1 heterocycles. The number of rotatable bonds is 6. The van der Waals surface area contributed by atoms with Gasteiger partial charge in [-0.1, -0.05) is 19.9 Å². The largest absolute Gasteiger partial charge is 0.389 e. The monoisotopic (exact) mass is 236 g/mol. The molecule has 1 N–H and O–H groups in total. The molecule has 0 spiro atoms. The molecule has 0 fully saturated rings. The number of nitrogens with zero attached hydrogens (tertiary/aromatic N) is 2. The molecule has 3 nitrogen and oxygen atoms in total. The van der Waals surface area contributed by atoms with Crippen molar-refractivity contribution in [3.8, 4) is 0 Å². The van der Waals surface area contributed by atoms with Crippen LogP contribution in [0.2, 0.25) is 0 Å². The highest BCUT2D eigenvalue weighted by Crippen LogP contribution is 2.20. The highest BCUT2D eigenvalue weighted by molar-refractivity contribution is 5.42. The van der Waals surface area contributed by atoms with E-state index in [4.69, 9.17) is 0 Å². The predicted molar refractivity (Wildman–Crippen MR) is 72.4 cm³/mol. The summed E-state index contributed by atoms with van der Waals surface area (Å²) in [5.41, 5.74) is 1.84. The molecule has 1 aromatic heterocycles. The number of pyridine rings is 1. The van der Waals surface area contributed by atoms with Crippen LogP contribution in [-0.2, 0) is 0 Å². The first kappa shape index (κ1) is 14.0. The molecular weight excluding hydrogens is 212 g/mol. The van der Waals surface area contributed by atoms with Crippen molar-refractivity contribution in [2.75, 3.05) is 18.0 Å². The van der Waals surface area contributed by atoms with Gasteiger partial charge in [0, 0.05) is 24.3 Å². The van der Waals surface area contributed by atoms with Gasteiger partial charge in [-0.05, 0) is 32.8 Å². The number of aliphatic hydroxyl groups excluding tert-OH is 1. The Bertz CT molecular complexity index is 344. The van der Waals surface area contributed by atoms with Crippen LogP contribution in [0.4, 0.5) is 5.82 Å². The lowest BCUT2D eigenvalue weighted by Crippen LogP contribution is -2.26. The Morgan fingerprint density at radius 1 is 1.24 bits per heavy atom. The van der Waals surface area contributed by atoms with Gasteiger partial charge in [-0.2, -0.15) is 0 Å². The van der Waals surface area contributed by atoms with Crippen molar-refractivity contribution in [1.82, 2.24) is 4.98 Å². The summed E-state index contributed by atoms with van der Waals surface area (Å²) in [4.78, 5) is 6.90. The highest BCUT2D eigenvalue weighted by atomic mass is 16.3. The van der Waals surface area contributed by atoms with Crippen molar-refractivity contribution in [3.63, 3.8) is 0 Å². The first-order valence-electron chi connectivity index (χ1n) is 6.50. The van der Waals surface area contributed by atoms with E-state index in [9.17, 15) is 5.11 Å². The summed E-state index contributed by atoms with van der Waals surface area (Å²) in [6.07, 6.45) is 1.81. The smallest absolute Gasteiger partial charge is 0.128 e. The molecule has 0 aliphatic rings. The molecule has 0 aliphatic heterocycles. The third kappa shape index (κ3) is 3.70. The molecule has 0 saturated carbocycles. The molecule has 0 unspecified atom stereocenters. The first-order valence-corrected chi connectivity index (χ1v) is 6.50. The van der Waals surface area contributed by atoms with Gasteiger partial charge in [0.15, 0.2) is 0 Å². The van der Waals surface area contributed by atoms with Crippen LogP contribution in [0, 0.1) is 6.92 Å². The minimum Gasteiger partial charge on any atom is -0.389 e. The third-order valence-electron chi connectivity index (χ3n) is 2.87. The van der Waals surface area contributed by atoms with E-state index in [1.54, 1.807) is 6.92 Å². The highest BCUT2D eigenvalue weighted by Gasteiger charge is 2.10. The van der Waals surface area contributed by atoms with Gasteiger partial charge in [-0.25, -0.2) is 4.98 Å². The van der Waals surface area contributed by atoms with E-state index < -0.39 is 6.10 Å². The third-order valence-corrected chi connectivity index (χ3v) is 2.87. The summed E-state index contributed by atoms with van der Waals surface area (Å²) in [5, 5.41) is 9.59. The maximum Gasteiger partial charge on any atom is 0.128 e. The summed E-state index contributed by atoms with van der Waals surface area (Å²) >= 11 is 0. The second kappa shape index (κ2) is 6.60. The van der Waals surface area contributed by atoms with E-state index in [2.05, 4.69) is 23.7 Å². The fourth-order valence-electron chi connectivity index (χ4n) is 2.06. The minimum atomic E-state index is -0.442. The molecular formula is C14H24N2O. The van der Waals surface area contributed by atoms with Crippen LogP contribution >= 0.6 is 0 Å². The lowest BCUT2D eigenvalue weighted by molar-refractivity contribution is 0.198. The standard InChI is InChI=1S/C14H24N2O/c1-5-9-16(10-6-2)14-8-7-13(12(4)17)11(3)15-14/h7-8,12,17H,5-6,9-10H2,1-4H3/t12-/m0/s1. The van der Waals surface area contributed by atoms with Gasteiger partial charge >= 0.3 is 0 Å². The minimum absolute atomic E-state index is 0.442. The summed E-state index contributed by atoms with van der Waals surface area (Å²) < 4.78 is 0. The zero-order valence-corrected chi connectivity index (χ0v) is 11.4. The number of hydrogen-bond donors (Lipinski definition) is 1. The lowest BCUT2D eigenvalue weighted by atomic mass is 10.1. The zero-order valence-electron chi connectivity index (χ0n) is 11.4. The van der Waals surface area contributed by atoms with Gasteiger partial charge in [0.1, 0.15) is 5.82 Å².